The normalized spacial score (nSPS) is 13.2. The van der Waals surface area contributed by atoms with E-state index in [4.69, 9.17) is 10.5 Å². The summed E-state index contributed by atoms with van der Waals surface area (Å²) in [7, 11) is 0. The second-order valence-corrected chi connectivity index (χ2v) is 3.14. The minimum atomic E-state index is -0.392. The Balaban J connectivity index is 4.22. The maximum atomic E-state index is 11.2. The molecule has 0 rings (SSSR count). The van der Waals surface area contributed by atoms with E-state index in [-0.39, 0.29) is 11.1 Å². The summed E-state index contributed by atoms with van der Waals surface area (Å²) in [6.45, 7) is 5.52. The molecule has 80 valence electrons. The number of carbonyl (C=O) groups excluding carboxylic acids is 1. The Bertz CT molecular complexity index is 253. The highest BCUT2D eigenvalue weighted by Gasteiger charge is 2.16. The van der Waals surface area contributed by atoms with Crippen LogP contribution in [-0.2, 0) is 9.53 Å². The third-order valence-electron chi connectivity index (χ3n) is 1.61. The highest BCUT2D eigenvalue weighted by Crippen LogP contribution is 2.01. The van der Waals surface area contributed by atoms with E-state index in [9.17, 15) is 4.79 Å². The minimum absolute atomic E-state index is 0.0698. The van der Waals surface area contributed by atoms with Crippen LogP contribution in [0.4, 0.5) is 0 Å². The first-order chi connectivity index (χ1) is 6.49. The second-order valence-electron chi connectivity index (χ2n) is 2.70. The van der Waals surface area contributed by atoms with Gasteiger partial charge in [0.2, 0.25) is 0 Å². The van der Waals surface area contributed by atoms with Crippen LogP contribution in [0.15, 0.2) is 5.10 Å². The molecular weight excluding hydrogens is 202 g/mol. The summed E-state index contributed by atoms with van der Waals surface area (Å²) in [6, 6.07) is 0. The van der Waals surface area contributed by atoms with Crippen molar-refractivity contribution in [2.75, 3.05) is 6.61 Å². The van der Waals surface area contributed by atoms with Crippen LogP contribution in [0.5, 0.6) is 0 Å². The molecule has 0 aromatic heterocycles. The van der Waals surface area contributed by atoms with Gasteiger partial charge in [-0.15, -0.1) is 0 Å². The molecule has 1 atom stereocenters. The number of nitrogens with zero attached hydrogens (tertiary/aromatic N) is 1. The SMILES string of the molecule is CCOC(=O)[C@@H](C)/C(C)=N\NC(N)=S. The molecule has 0 heterocycles. The van der Waals surface area contributed by atoms with Crippen molar-refractivity contribution in [3.05, 3.63) is 0 Å². The highest BCUT2D eigenvalue weighted by molar-refractivity contribution is 7.80. The summed E-state index contributed by atoms with van der Waals surface area (Å²) in [6.07, 6.45) is 0. The van der Waals surface area contributed by atoms with Crippen molar-refractivity contribution >= 4 is 29.0 Å². The van der Waals surface area contributed by atoms with E-state index < -0.39 is 5.92 Å². The van der Waals surface area contributed by atoms with E-state index in [1.807, 2.05) is 0 Å². The van der Waals surface area contributed by atoms with Gasteiger partial charge in [-0.3, -0.25) is 10.2 Å². The van der Waals surface area contributed by atoms with Crippen LogP contribution >= 0.6 is 12.2 Å². The third kappa shape index (κ3) is 4.76. The molecule has 0 saturated heterocycles. The number of nitrogens with two attached hydrogens (primary N) is 1. The monoisotopic (exact) mass is 217 g/mol. The fourth-order valence-electron chi connectivity index (χ4n) is 0.678. The van der Waals surface area contributed by atoms with Crippen molar-refractivity contribution in [2.24, 2.45) is 16.8 Å². The molecule has 0 bridgehead atoms. The van der Waals surface area contributed by atoms with Crippen LogP contribution in [0.3, 0.4) is 0 Å². The molecule has 0 saturated carbocycles. The van der Waals surface area contributed by atoms with Gasteiger partial charge in [0.25, 0.3) is 0 Å². The molecular formula is C8H15N3O2S. The van der Waals surface area contributed by atoms with Crippen LogP contribution in [0.1, 0.15) is 20.8 Å². The van der Waals surface area contributed by atoms with Gasteiger partial charge in [0, 0.05) is 5.71 Å². The van der Waals surface area contributed by atoms with Crippen molar-refractivity contribution in [3.8, 4) is 0 Å². The molecule has 3 N–H and O–H groups in total. The molecule has 0 aliphatic heterocycles. The predicted octanol–water partition coefficient (Wildman–Crippen LogP) is 0.395. The summed E-state index contributed by atoms with van der Waals surface area (Å²) < 4.78 is 4.82. The van der Waals surface area contributed by atoms with Gasteiger partial charge in [-0.2, -0.15) is 5.10 Å². The molecule has 5 nitrogen and oxygen atoms in total. The first-order valence-corrected chi connectivity index (χ1v) is 4.66. The molecule has 0 spiro atoms. The number of hydrogen-bond donors (Lipinski definition) is 2. The molecule has 0 radical (unpaired) electrons. The molecule has 0 unspecified atom stereocenters. The number of hydrazone groups is 1. The zero-order valence-electron chi connectivity index (χ0n) is 8.53. The average Bonchev–Trinajstić information content (AvgIpc) is 2.13. The van der Waals surface area contributed by atoms with Gasteiger partial charge < -0.3 is 10.5 Å². The average molecular weight is 217 g/mol. The smallest absolute Gasteiger partial charge is 0.314 e. The number of rotatable bonds is 4. The van der Waals surface area contributed by atoms with E-state index in [1.54, 1.807) is 20.8 Å². The van der Waals surface area contributed by atoms with Gasteiger partial charge in [0.15, 0.2) is 5.11 Å². The lowest BCUT2D eigenvalue weighted by Gasteiger charge is -2.09. The van der Waals surface area contributed by atoms with Crippen LogP contribution in [-0.4, -0.2) is 23.4 Å². The Morgan fingerprint density at radius 1 is 1.71 bits per heavy atom. The van der Waals surface area contributed by atoms with Gasteiger partial charge in [-0.25, -0.2) is 0 Å². The lowest BCUT2D eigenvalue weighted by molar-refractivity contribution is -0.145. The number of thiocarbonyl (C=S) groups is 1. The van der Waals surface area contributed by atoms with Gasteiger partial charge in [-0.05, 0) is 33.0 Å². The van der Waals surface area contributed by atoms with Crippen molar-refractivity contribution < 1.29 is 9.53 Å². The molecule has 0 aromatic carbocycles. The van der Waals surface area contributed by atoms with Crippen LogP contribution in [0.25, 0.3) is 0 Å². The van der Waals surface area contributed by atoms with Gasteiger partial charge in [-0.1, -0.05) is 0 Å². The Kier molecular flexibility index (Phi) is 5.78. The van der Waals surface area contributed by atoms with Crippen LogP contribution < -0.4 is 11.2 Å². The van der Waals surface area contributed by atoms with Crippen molar-refractivity contribution in [2.45, 2.75) is 20.8 Å². The molecule has 0 aromatic rings. The molecule has 0 fully saturated rings. The fourth-order valence-corrected chi connectivity index (χ4v) is 0.724. The Labute approximate surface area is 88.7 Å². The second kappa shape index (κ2) is 6.31. The van der Waals surface area contributed by atoms with Crippen LogP contribution in [0, 0.1) is 5.92 Å². The number of carbonyl (C=O) groups is 1. The maximum absolute atomic E-state index is 11.2. The predicted molar refractivity (Wildman–Crippen MR) is 58.8 cm³/mol. The Morgan fingerprint density at radius 3 is 2.71 bits per heavy atom. The molecule has 0 amide bonds. The van der Waals surface area contributed by atoms with Crippen molar-refractivity contribution in [1.29, 1.82) is 0 Å². The summed E-state index contributed by atoms with van der Waals surface area (Å²) in [5.41, 5.74) is 8.17. The lowest BCUT2D eigenvalue weighted by Crippen LogP contribution is -2.28. The van der Waals surface area contributed by atoms with E-state index in [0.29, 0.717) is 12.3 Å². The summed E-state index contributed by atoms with van der Waals surface area (Å²) >= 11 is 4.56. The summed E-state index contributed by atoms with van der Waals surface area (Å²) in [4.78, 5) is 11.2. The van der Waals surface area contributed by atoms with Gasteiger partial charge in [0.05, 0.1) is 12.5 Å². The number of ether oxygens (including phenoxy) is 1. The molecule has 6 heteroatoms. The first kappa shape index (κ1) is 12.8. The number of hydrogen-bond acceptors (Lipinski definition) is 4. The molecule has 0 aliphatic carbocycles. The maximum Gasteiger partial charge on any atom is 0.314 e. The third-order valence-corrected chi connectivity index (χ3v) is 1.70. The standard InChI is InChI=1S/C8H15N3O2S/c1-4-13-7(12)5(2)6(3)10-11-8(9)14/h5H,4H2,1-3H3,(H3,9,11,14)/b10-6-/t5-/m0/s1. The van der Waals surface area contributed by atoms with E-state index in [2.05, 4.69) is 22.7 Å². The first-order valence-electron chi connectivity index (χ1n) is 4.25. The van der Waals surface area contributed by atoms with Crippen molar-refractivity contribution in [1.82, 2.24) is 5.43 Å². The molecule has 14 heavy (non-hydrogen) atoms. The largest absolute Gasteiger partial charge is 0.465 e. The molecule has 0 aliphatic rings. The van der Waals surface area contributed by atoms with E-state index in [1.165, 1.54) is 0 Å². The number of esters is 1. The van der Waals surface area contributed by atoms with Gasteiger partial charge in [0.1, 0.15) is 0 Å². The van der Waals surface area contributed by atoms with E-state index in [0.717, 1.165) is 0 Å². The zero-order valence-corrected chi connectivity index (χ0v) is 9.35. The van der Waals surface area contributed by atoms with Crippen LogP contribution in [0.2, 0.25) is 0 Å². The topological polar surface area (TPSA) is 76.7 Å². The Hall–Kier alpha value is -1.17. The zero-order chi connectivity index (χ0) is 11.1. The van der Waals surface area contributed by atoms with Gasteiger partial charge >= 0.3 is 5.97 Å². The quantitative estimate of drug-likeness (QED) is 0.308. The van der Waals surface area contributed by atoms with Crippen molar-refractivity contribution in [3.63, 3.8) is 0 Å². The Morgan fingerprint density at radius 2 is 2.29 bits per heavy atom. The fraction of sp³-hybridized carbons (Fsp3) is 0.625. The lowest BCUT2D eigenvalue weighted by atomic mass is 10.1. The van der Waals surface area contributed by atoms with E-state index >= 15 is 0 Å². The minimum Gasteiger partial charge on any atom is -0.465 e. The highest BCUT2D eigenvalue weighted by atomic mass is 32.1. The summed E-state index contributed by atoms with van der Waals surface area (Å²) in [5.74, 6) is -0.699. The summed E-state index contributed by atoms with van der Waals surface area (Å²) in [5, 5.41) is 3.90. The number of nitrogens with one attached hydrogen (secondary N) is 1.